The van der Waals surface area contributed by atoms with Gasteiger partial charge in [0.1, 0.15) is 0 Å². The molecule has 3 rings (SSSR count). The van der Waals surface area contributed by atoms with Crippen LogP contribution in [0.4, 0.5) is 0 Å². The normalized spacial score (nSPS) is 30.4. The first-order valence-corrected chi connectivity index (χ1v) is 9.87. The molecule has 154 valence electrons. The number of halogens is 1. The smallest absolute Gasteiger partial charge is 0.335 e. The molecule has 2 fully saturated rings. The zero-order valence-electron chi connectivity index (χ0n) is 17.3. The second-order valence-electron chi connectivity index (χ2n) is 8.55. The van der Waals surface area contributed by atoms with Gasteiger partial charge in [0.05, 0.1) is 11.7 Å². The lowest BCUT2D eigenvalue weighted by molar-refractivity contribution is -0.0177. The minimum absolute atomic E-state index is 0. The van der Waals surface area contributed by atoms with Gasteiger partial charge in [-0.25, -0.2) is 4.79 Å². The molecule has 1 aromatic rings. The molecule has 0 amide bonds. The van der Waals surface area contributed by atoms with Crippen LogP contribution in [-0.2, 0) is 0 Å². The van der Waals surface area contributed by atoms with Crippen LogP contribution in [0.2, 0.25) is 0 Å². The Morgan fingerprint density at radius 3 is 2.07 bits per heavy atom. The van der Waals surface area contributed by atoms with Crippen LogP contribution in [0.25, 0.3) is 0 Å². The SMILES string of the molecule is CCN(CC)CC1C2CCC(C)(C1O)C2(C)C.Cl.O=C(O)c1ccccc1. The molecular weight excluding hydrogens is 362 g/mol. The molecule has 2 aliphatic carbocycles. The van der Waals surface area contributed by atoms with Gasteiger partial charge in [0, 0.05) is 12.5 Å². The number of aliphatic hydroxyl groups is 1. The minimum atomic E-state index is -0.879. The quantitative estimate of drug-likeness (QED) is 0.764. The van der Waals surface area contributed by atoms with Crippen molar-refractivity contribution >= 4 is 18.4 Å². The third-order valence-corrected chi connectivity index (χ3v) is 7.33. The Balaban J connectivity index is 0.000000310. The van der Waals surface area contributed by atoms with E-state index >= 15 is 0 Å². The maximum Gasteiger partial charge on any atom is 0.335 e. The van der Waals surface area contributed by atoms with Crippen molar-refractivity contribution in [2.24, 2.45) is 22.7 Å². The van der Waals surface area contributed by atoms with Gasteiger partial charge in [0.2, 0.25) is 0 Å². The number of carboxylic acids is 1. The molecule has 0 aliphatic heterocycles. The molecule has 0 saturated heterocycles. The zero-order valence-corrected chi connectivity index (χ0v) is 18.1. The van der Waals surface area contributed by atoms with Gasteiger partial charge >= 0.3 is 5.97 Å². The van der Waals surface area contributed by atoms with E-state index in [4.69, 9.17) is 5.11 Å². The van der Waals surface area contributed by atoms with Crippen molar-refractivity contribution in [2.45, 2.75) is 53.6 Å². The molecule has 0 heterocycles. The van der Waals surface area contributed by atoms with E-state index in [2.05, 4.69) is 39.5 Å². The zero-order chi connectivity index (χ0) is 19.5. The molecule has 4 atom stereocenters. The molecule has 2 aliphatic rings. The van der Waals surface area contributed by atoms with E-state index in [0.717, 1.165) is 19.6 Å². The summed E-state index contributed by atoms with van der Waals surface area (Å²) in [5.74, 6) is 0.322. The second kappa shape index (κ2) is 9.40. The number of rotatable bonds is 5. The molecule has 2 saturated carbocycles. The Morgan fingerprint density at radius 1 is 1.15 bits per heavy atom. The van der Waals surface area contributed by atoms with Crippen molar-refractivity contribution in [1.29, 1.82) is 0 Å². The largest absolute Gasteiger partial charge is 0.478 e. The molecule has 2 bridgehead atoms. The highest BCUT2D eigenvalue weighted by atomic mass is 35.5. The fourth-order valence-corrected chi connectivity index (χ4v) is 5.12. The molecule has 0 aromatic heterocycles. The number of carbonyl (C=O) groups is 1. The van der Waals surface area contributed by atoms with Crippen LogP contribution in [0.3, 0.4) is 0 Å². The summed E-state index contributed by atoms with van der Waals surface area (Å²) in [7, 11) is 0. The standard InChI is InChI=1S/C15H29NO.C7H6O2.ClH/c1-6-16(7-2)10-11-12-8-9-15(5,13(11)17)14(12,3)4;8-7(9)6-4-2-1-3-5-6;/h11-13,17H,6-10H2,1-5H3;1-5H,(H,8,9);1H. The molecule has 4 nitrogen and oxygen atoms in total. The predicted octanol–water partition coefficient (Wildman–Crippen LogP) is 4.57. The van der Waals surface area contributed by atoms with E-state index in [9.17, 15) is 9.90 Å². The van der Waals surface area contributed by atoms with Crippen LogP contribution in [0.1, 0.15) is 57.8 Å². The monoisotopic (exact) mass is 397 g/mol. The van der Waals surface area contributed by atoms with Gasteiger partial charge in [-0.05, 0) is 54.8 Å². The summed E-state index contributed by atoms with van der Waals surface area (Å²) in [5, 5.41) is 19.1. The minimum Gasteiger partial charge on any atom is -0.478 e. The Hall–Kier alpha value is -1.10. The molecule has 0 radical (unpaired) electrons. The molecule has 4 unspecified atom stereocenters. The first-order chi connectivity index (χ1) is 12.2. The van der Waals surface area contributed by atoms with E-state index in [-0.39, 0.29) is 23.9 Å². The lowest BCUT2D eigenvalue weighted by Gasteiger charge is -2.37. The van der Waals surface area contributed by atoms with Crippen molar-refractivity contribution < 1.29 is 15.0 Å². The molecular formula is C22H36ClNO3. The van der Waals surface area contributed by atoms with E-state index < -0.39 is 5.97 Å². The van der Waals surface area contributed by atoms with Crippen molar-refractivity contribution in [3.05, 3.63) is 35.9 Å². The number of carboxylic acid groups (broad SMARTS) is 1. The lowest BCUT2D eigenvalue weighted by atomic mass is 9.70. The summed E-state index contributed by atoms with van der Waals surface area (Å²) in [5.41, 5.74) is 0.789. The van der Waals surface area contributed by atoms with Crippen LogP contribution < -0.4 is 0 Å². The highest BCUT2D eigenvalue weighted by Gasteiger charge is 2.65. The van der Waals surface area contributed by atoms with Gasteiger partial charge in [0.25, 0.3) is 0 Å². The van der Waals surface area contributed by atoms with Crippen molar-refractivity contribution in [3.8, 4) is 0 Å². The first-order valence-electron chi connectivity index (χ1n) is 9.87. The maximum absolute atomic E-state index is 10.7. The Morgan fingerprint density at radius 2 is 1.70 bits per heavy atom. The number of fused-ring (bicyclic) bond motifs is 2. The number of aliphatic hydroxyl groups excluding tert-OH is 1. The molecule has 0 spiro atoms. The molecule has 1 aromatic carbocycles. The van der Waals surface area contributed by atoms with Gasteiger partial charge < -0.3 is 15.1 Å². The predicted molar refractivity (Wildman–Crippen MR) is 113 cm³/mol. The number of nitrogens with zero attached hydrogens (tertiary/aromatic N) is 1. The van der Waals surface area contributed by atoms with Crippen LogP contribution in [-0.4, -0.2) is 46.8 Å². The lowest BCUT2D eigenvalue weighted by Crippen LogP contribution is -2.41. The van der Waals surface area contributed by atoms with Crippen molar-refractivity contribution in [1.82, 2.24) is 4.90 Å². The maximum atomic E-state index is 10.7. The van der Waals surface area contributed by atoms with E-state index in [0.29, 0.717) is 22.8 Å². The first kappa shape index (κ1) is 23.9. The van der Waals surface area contributed by atoms with Crippen LogP contribution >= 0.6 is 12.4 Å². The van der Waals surface area contributed by atoms with Crippen LogP contribution in [0.5, 0.6) is 0 Å². The number of aromatic carboxylic acids is 1. The van der Waals surface area contributed by atoms with Crippen molar-refractivity contribution in [3.63, 3.8) is 0 Å². The average Bonchev–Trinajstić information content (AvgIpc) is 2.94. The third kappa shape index (κ3) is 4.49. The summed E-state index contributed by atoms with van der Waals surface area (Å²) in [6.45, 7) is 14.8. The summed E-state index contributed by atoms with van der Waals surface area (Å²) in [4.78, 5) is 12.7. The van der Waals surface area contributed by atoms with Gasteiger partial charge in [0.15, 0.2) is 0 Å². The van der Waals surface area contributed by atoms with Crippen LogP contribution in [0, 0.1) is 22.7 Å². The fourth-order valence-electron chi connectivity index (χ4n) is 5.12. The van der Waals surface area contributed by atoms with Gasteiger partial charge in [-0.3, -0.25) is 0 Å². The number of hydrogen-bond donors (Lipinski definition) is 2. The summed E-state index contributed by atoms with van der Waals surface area (Å²) in [6.07, 6.45) is 2.42. The molecule has 2 N–H and O–H groups in total. The van der Waals surface area contributed by atoms with Gasteiger partial charge in [-0.15, -0.1) is 12.4 Å². The highest BCUT2D eigenvalue weighted by molar-refractivity contribution is 5.87. The van der Waals surface area contributed by atoms with Gasteiger partial charge in [-0.1, -0.05) is 52.8 Å². The third-order valence-electron chi connectivity index (χ3n) is 7.33. The second-order valence-corrected chi connectivity index (χ2v) is 8.55. The van der Waals surface area contributed by atoms with Gasteiger partial charge in [-0.2, -0.15) is 0 Å². The van der Waals surface area contributed by atoms with E-state index in [1.165, 1.54) is 12.8 Å². The van der Waals surface area contributed by atoms with Crippen LogP contribution in [0.15, 0.2) is 30.3 Å². The number of benzene rings is 1. The van der Waals surface area contributed by atoms with Crippen molar-refractivity contribution in [2.75, 3.05) is 19.6 Å². The topological polar surface area (TPSA) is 60.8 Å². The Kier molecular flexibility index (Phi) is 8.33. The Labute approximate surface area is 170 Å². The summed E-state index contributed by atoms with van der Waals surface area (Å²) in [6, 6.07) is 8.30. The summed E-state index contributed by atoms with van der Waals surface area (Å²) >= 11 is 0. The fraction of sp³-hybridized carbons (Fsp3) is 0.682. The molecule has 27 heavy (non-hydrogen) atoms. The number of hydrogen-bond acceptors (Lipinski definition) is 3. The molecule has 5 heteroatoms. The highest BCUT2D eigenvalue weighted by Crippen LogP contribution is 2.67. The van der Waals surface area contributed by atoms with E-state index in [1.807, 2.05) is 0 Å². The average molecular weight is 398 g/mol. The Bertz CT molecular complexity index is 603. The summed E-state index contributed by atoms with van der Waals surface area (Å²) < 4.78 is 0. The van der Waals surface area contributed by atoms with E-state index in [1.54, 1.807) is 30.3 Å².